The Kier molecular flexibility index (Phi) is 6.59. The first kappa shape index (κ1) is 26.7. The lowest BCUT2D eigenvalue weighted by Gasteiger charge is -2.50. The van der Waals surface area contributed by atoms with Gasteiger partial charge in [-0.3, -0.25) is 33.8 Å². The molecule has 2 aliphatic heterocycles. The van der Waals surface area contributed by atoms with Crippen LogP contribution in [0, 0.1) is 17.8 Å². The van der Waals surface area contributed by atoms with Crippen molar-refractivity contribution >= 4 is 52.8 Å². The van der Waals surface area contributed by atoms with Crippen LogP contribution in [0.1, 0.15) is 50.0 Å². The third kappa shape index (κ3) is 3.69. The summed E-state index contributed by atoms with van der Waals surface area (Å²) in [4.78, 5) is 63.0. The number of halogens is 2. The largest absolute Gasteiger partial charge is 0.508 e. The highest BCUT2D eigenvalue weighted by Crippen LogP contribution is 2.65. The molecule has 2 aliphatic carbocycles. The first-order chi connectivity index (χ1) is 17.9. The summed E-state index contributed by atoms with van der Waals surface area (Å²) >= 11 is 14.1. The zero-order chi connectivity index (χ0) is 27.6. The van der Waals surface area contributed by atoms with Gasteiger partial charge in [0.2, 0.25) is 11.8 Å². The fourth-order valence-corrected chi connectivity index (χ4v) is 7.81. The Hall–Kier alpha value is -2.91. The van der Waals surface area contributed by atoms with Crippen molar-refractivity contribution in [1.29, 1.82) is 0 Å². The number of hydrogen-bond acceptors (Lipinski definition) is 6. The fourth-order valence-electron chi connectivity index (χ4n) is 6.79. The number of unbranched alkanes of at least 4 members (excludes halogenated alkanes) is 2. The van der Waals surface area contributed by atoms with Crippen LogP contribution in [0.5, 0.6) is 5.75 Å². The topological polar surface area (TPSA) is 132 Å². The molecule has 202 valence electrons. The highest BCUT2D eigenvalue weighted by Gasteiger charge is 2.75. The summed E-state index contributed by atoms with van der Waals surface area (Å²) < 4.78 is 0. The summed E-state index contributed by atoms with van der Waals surface area (Å²) in [7, 11) is 1.34. The number of imide groups is 2. The molecule has 2 saturated heterocycles. The van der Waals surface area contributed by atoms with Crippen LogP contribution >= 0.6 is 23.2 Å². The lowest BCUT2D eigenvalue weighted by Crippen LogP contribution is -2.60. The van der Waals surface area contributed by atoms with Crippen molar-refractivity contribution in [2.75, 3.05) is 13.6 Å². The number of aliphatic carboxylic acids is 1. The van der Waals surface area contributed by atoms with E-state index in [0.717, 1.165) is 4.90 Å². The molecule has 1 aromatic rings. The Morgan fingerprint density at radius 2 is 1.68 bits per heavy atom. The molecule has 0 bridgehead atoms. The maximum atomic E-state index is 13.7. The van der Waals surface area contributed by atoms with E-state index < -0.39 is 51.2 Å². The van der Waals surface area contributed by atoms with E-state index in [4.69, 9.17) is 28.3 Å². The monoisotopic (exact) mass is 562 g/mol. The van der Waals surface area contributed by atoms with Crippen LogP contribution in [0.4, 0.5) is 0 Å². The first-order valence-electron chi connectivity index (χ1n) is 12.7. The van der Waals surface area contributed by atoms with E-state index in [9.17, 15) is 29.1 Å². The number of hydrogen-bond donors (Lipinski definition) is 2. The van der Waals surface area contributed by atoms with E-state index >= 15 is 0 Å². The van der Waals surface area contributed by atoms with Gasteiger partial charge >= 0.3 is 5.97 Å². The highest BCUT2D eigenvalue weighted by molar-refractivity contribution is 6.53. The van der Waals surface area contributed by atoms with E-state index in [1.54, 1.807) is 12.1 Å². The Balaban J connectivity index is 1.51. The molecule has 1 aromatic carbocycles. The Bertz CT molecular complexity index is 1260. The van der Waals surface area contributed by atoms with Crippen LogP contribution in [0.2, 0.25) is 0 Å². The van der Waals surface area contributed by atoms with Crippen molar-refractivity contribution in [2.24, 2.45) is 17.8 Å². The normalized spacial score (nSPS) is 34.2. The fraction of sp³-hybridized carbons (Fsp3) is 0.519. The number of phenols is 1. The minimum Gasteiger partial charge on any atom is -0.508 e. The SMILES string of the molecule is CN1C(=O)C2(Cl)CC3C(=CCC4C(=O)N(CCCCCC(=O)O)C(=O)C43)C(c3ccc(O)cc3)C2(Cl)C1=O. The molecule has 4 aliphatic rings. The van der Waals surface area contributed by atoms with Gasteiger partial charge in [-0.1, -0.05) is 30.2 Å². The van der Waals surface area contributed by atoms with Gasteiger partial charge < -0.3 is 10.2 Å². The van der Waals surface area contributed by atoms with Crippen molar-refractivity contribution in [2.45, 2.75) is 54.2 Å². The van der Waals surface area contributed by atoms with E-state index in [1.807, 2.05) is 6.08 Å². The molecular weight excluding hydrogens is 535 g/mol. The van der Waals surface area contributed by atoms with Gasteiger partial charge in [0.1, 0.15) is 5.75 Å². The molecule has 1 saturated carbocycles. The van der Waals surface area contributed by atoms with Gasteiger partial charge in [0.05, 0.1) is 11.8 Å². The first-order valence-corrected chi connectivity index (χ1v) is 13.5. The van der Waals surface area contributed by atoms with E-state index in [1.165, 1.54) is 24.1 Å². The smallest absolute Gasteiger partial charge is 0.303 e. The number of carboxylic acids is 1. The third-order valence-electron chi connectivity index (χ3n) is 8.60. The molecule has 6 atom stereocenters. The van der Waals surface area contributed by atoms with Crippen molar-refractivity contribution in [3.63, 3.8) is 0 Å². The summed E-state index contributed by atoms with van der Waals surface area (Å²) in [5.41, 5.74) is 1.27. The summed E-state index contributed by atoms with van der Waals surface area (Å²) in [5.74, 6) is -5.56. The Labute approximate surface area is 229 Å². The predicted octanol–water partition coefficient (Wildman–Crippen LogP) is 3.03. The molecule has 6 unspecified atom stereocenters. The Morgan fingerprint density at radius 3 is 2.34 bits per heavy atom. The van der Waals surface area contributed by atoms with Crippen LogP contribution in [0.15, 0.2) is 35.9 Å². The molecular formula is C27H28Cl2N2O7. The lowest BCUT2D eigenvalue weighted by molar-refractivity contribution is -0.141. The zero-order valence-corrected chi connectivity index (χ0v) is 22.2. The molecule has 0 spiro atoms. The summed E-state index contributed by atoms with van der Waals surface area (Å²) in [6.45, 7) is 0.194. The maximum absolute atomic E-state index is 13.7. The molecule has 3 fully saturated rings. The number of aromatic hydroxyl groups is 1. The molecule has 2 N–H and O–H groups in total. The van der Waals surface area contributed by atoms with Gasteiger partial charge in [-0.15, -0.1) is 23.2 Å². The number of likely N-dealkylation sites (tertiary alicyclic amines) is 2. The van der Waals surface area contributed by atoms with Gasteiger partial charge in [-0.2, -0.15) is 0 Å². The van der Waals surface area contributed by atoms with Gasteiger partial charge in [-0.05, 0) is 49.3 Å². The zero-order valence-electron chi connectivity index (χ0n) is 20.7. The number of phenolic OH excluding ortho intramolecular Hbond substituents is 1. The molecule has 4 amide bonds. The second-order valence-corrected chi connectivity index (χ2v) is 11.9. The predicted molar refractivity (Wildman–Crippen MR) is 136 cm³/mol. The maximum Gasteiger partial charge on any atom is 0.303 e. The van der Waals surface area contributed by atoms with E-state index in [-0.39, 0.29) is 43.4 Å². The number of carboxylic acid groups (broad SMARTS) is 1. The van der Waals surface area contributed by atoms with Gasteiger partial charge in [0.25, 0.3) is 11.8 Å². The van der Waals surface area contributed by atoms with Crippen LogP contribution in [-0.4, -0.2) is 73.0 Å². The quantitative estimate of drug-likeness (QED) is 0.226. The number of benzene rings is 1. The van der Waals surface area contributed by atoms with Crippen LogP contribution in [0.25, 0.3) is 0 Å². The van der Waals surface area contributed by atoms with E-state index in [2.05, 4.69) is 0 Å². The number of allylic oxidation sites excluding steroid dienone is 2. The highest BCUT2D eigenvalue weighted by atomic mass is 35.5. The number of alkyl halides is 2. The third-order valence-corrected chi connectivity index (χ3v) is 10.0. The summed E-state index contributed by atoms with van der Waals surface area (Å²) in [5, 5.41) is 18.7. The number of carbonyl (C=O) groups excluding carboxylic acids is 4. The average molecular weight is 563 g/mol. The summed E-state index contributed by atoms with van der Waals surface area (Å²) in [6, 6.07) is 6.17. The minimum absolute atomic E-state index is 0.0149. The number of fused-ring (bicyclic) bond motifs is 4. The molecule has 9 nitrogen and oxygen atoms in total. The lowest BCUT2D eigenvalue weighted by atomic mass is 9.56. The average Bonchev–Trinajstić information content (AvgIpc) is 3.19. The number of rotatable bonds is 7. The van der Waals surface area contributed by atoms with Gasteiger partial charge in [-0.25, -0.2) is 0 Å². The van der Waals surface area contributed by atoms with E-state index in [0.29, 0.717) is 30.4 Å². The molecule has 38 heavy (non-hydrogen) atoms. The molecule has 11 heteroatoms. The standard InChI is InChI=1S/C27H28Cl2N2O7/c1-30-24(37)26(28)13-18-16(21(27(26,29)25(30)38)14-6-8-15(32)9-7-14)10-11-17-20(18)23(36)31(22(17)35)12-4-2-3-5-19(33)34/h6-10,17-18,20-21,32H,2-5,11-13H2,1H3,(H,33,34). The van der Waals surface area contributed by atoms with Crippen molar-refractivity contribution < 1.29 is 34.2 Å². The second-order valence-electron chi connectivity index (χ2n) is 10.6. The Morgan fingerprint density at radius 1 is 1.00 bits per heavy atom. The van der Waals surface area contributed by atoms with Crippen molar-refractivity contribution in [3.8, 4) is 5.75 Å². The molecule has 0 radical (unpaired) electrons. The number of carbonyl (C=O) groups is 5. The van der Waals surface area contributed by atoms with Gasteiger partial charge in [0, 0.05) is 25.9 Å². The number of nitrogens with zero attached hydrogens (tertiary/aromatic N) is 2. The van der Waals surface area contributed by atoms with Crippen molar-refractivity contribution in [1.82, 2.24) is 9.80 Å². The molecule has 2 heterocycles. The van der Waals surface area contributed by atoms with Gasteiger partial charge in [0.15, 0.2) is 9.75 Å². The molecule has 0 aromatic heterocycles. The number of amides is 4. The second kappa shape index (κ2) is 9.38. The van der Waals surface area contributed by atoms with Crippen LogP contribution < -0.4 is 0 Å². The van der Waals surface area contributed by atoms with Crippen molar-refractivity contribution in [3.05, 3.63) is 41.5 Å². The summed E-state index contributed by atoms with van der Waals surface area (Å²) in [6.07, 6.45) is 3.62. The van der Waals surface area contributed by atoms with Crippen LogP contribution in [-0.2, 0) is 24.0 Å². The minimum atomic E-state index is -1.85. The van der Waals surface area contributed by atoms with Crippen LogP contribution in [0.3, 0.4) is 0 Å². The molecule has 5 rings (SSSR count).